The minimum Gasteiger partial charge on any atom is -0.507 e. The van der Waals surface area contributed by atoms with Crippen molar-refractivity contribution in [2.75, 3.05) is 5.75 Å². The second kappa shape index (κ2) is 10.7. The molecule has 2 N–H and O–H groups in total. The highest BCUT2D eigenvalue weighted by Gasteiger charge is 2.31. The van der Waals surface area contributed by atoms with Gasteiger partial charge in [-0.05, 0) is 46.6 Å². The van der Waals surface area contributed by atoms with E-state index in [0.29, 0.717) is 5.25 Å². The fourth-order valence-electron chi connectivity index (χ4n) is 3.92. The number of carboxylic acids is 1. The average molecular weight is 423 g/mol. The molecular weight excluding hydrogens is 380 g/mol. The molecule has 0 aliphatic rings. The first-order chi connectivity index (χ1) is 13.3. The van der Waals surface area contributed by atoms with Crippen molar-refractivity contribution >= 4 is 17.7 Å². The lowest BCUT2D eigenvalue weighted by Gasteiger charge is -2.32. The van der Waals surface area contributed by atoms with Crippen LogP contribution in [0.3, 0.4) is 0 Å². The van der Waals surface area contributed by atoms with Crippen molar-refractivity contribution in [1.82, 2.24) is 0 Å². The van der Waals surface area contributed by atoms with Crippen LogP contribution in [0.1, 0.15) is 115 Å². The van der Waals surface area contributed by atoms with Crippen molar-refractivity contribution in [1.29, 1.82) is 0 Å². The van der Waals surface area contributed by atoms with Gasteiger partial charge in [-0.15, -0.1) is 0 Å². The molecule has 0 bridgehead atoms. The number of benzene rings is 1. The van der Waals surface area contributed by atoms with Gasteiger partial charge in [0.25, 0.3) is 0 Å². The summed E-state index contributed by atoms with van der Waals surface area (Å²) < 4.78 is 0. The number of thioether (sulfide) groups is 1. The van der Waals surface area contributed by atoms with Crippen LogP contribution in [0.25, 0.3) is 0 Å². The zero-order valence-electron chi connectivity index (χ0n) is 19.8. The first-order valence-corrected chi connectivity index (χ1v) is 12.1. The van der Waals surface area contributed by atoms with Crippen molar-refractivity contribution in [2.24, 2.45) is 0 Å². The normalized spacial score (nSPS) is 13.5. The monoisotopic (exact) mass is 422 g/mol. The van der Waals surface area contributed by atoms with Gasteiger partial charge in [0.05, 0.1) is 0 Å². The molecular formula is C25H42O3S. The average Bonchev–Trinajstić information content (AvgIpc) is 2.56. The molecule has 0 aliphatic heterocycles. The molecule has 0 amide bonds. The molecule has 29 heavy (non-hydrogen) atoms. The Morgan fingerprint density at radius 3 is 2.17 bits per heavy atom. The Morgan fingerprint density at radius 1 is 1.07 bits per heavy atom. The molecule has 4 heteroatoms. The number of carbonyl (C=O) groups is 1. The van der Waals surface area contributed by atoms with Gasteiger partial charge < -0.3 is 10.2 Å². The molecule has 0 saturated carbocycles. The van der Waals surface area contributed by atoms with E-state index in [0.717, 1.165) is 28.9 Å². The number of aromatic hydroxyl groups is 1. The molecule has 1 aromatic rings. The van der Waals surface area contributed by atoms with E-state index in [2.05, 4.69) is 34.6 Å². The van der Waals surface area contributed by atoms with Gasteiger partial charge >= 0.3 is 5.97 Å². The molecule has 1 unspecified atom stereocenters. The van der Waals surface area contributed by atoms with Gasteiger partial charge in [0, 0.05) is 10.8 Å². The number of aromatic carboxylic acids is 1. The molecule has 1 rings (SSSR count). The lowest BCUT2D eigenvalue weighted by molar-refractivity contribution is 0.0693. The lowest BCUT2D eigenvalue weighted by Crippen LogP contribution is -2.23. The van der Waals surface area contributed by atoms with E-state index < -0.39 is 5.97 Å². The third-order valence-corrected chi connectivity index (χ3v) is 6.66. The van der Waals surface area contributed by atoms with Crippen molar-refractivity contribution in [3.05, 3.63) is 28.3 Å². The summed E-state index contributed by atoms with van der Waals surface area (Å²) in [4.78, 5) is 11.8. The first kappa shape index (κ1) is 25.9. The molecule has 3 nitrogen and oxygen atoms in total. The molecule has 166 valence electrons. The van der Waals surface area contributed by atoms with Gasteiger partial charge in [0.2, 0.25) is 0 Å². The predicted molar refractivity (Wildman–Crippen MR) is 127 cm³/mol. The van der Waals surface area contributed by atoms with Crippen LogP contribution in [0.5, 0.6) is 5.75 Å². The van der Waals surface area contributed by atoms with Crippen molar-refractivity contribution in [3.63, 3.8) is 0 Å². The summed E-state index contributed by atoms with van der Waals surface area (Å²) in [6.07, 6.45) is 7.27. The van der Waals surface area contributed by atoms with Crippen LogP contribution < -0.4 is 0 Å². The highest BCUT2D eigenvalue weighted by atomic mass is 32.2. The molecule has 0 radical (unpaired) electrons. The molecule has 0 spiro atoms. The largest absolute Gasteiger partial charge is 0.507 e. The van der Waals surface area contributed by atoms with Crippen LogP contribution in [-0.2, 0) is 17.3 Å². The SMILES string of the molecule is CCCCCCC(C)SCCc1c(C(C)(C)C)cc(C(=O)O)c(O)c1C(C)(C)C. The van der Waals surface area contributed by atoms with Crippen molar-refractivity contribution in [2.45, 2.75) is 110 Å². The van der Waals surface area contributed by atoms with Crippen LogP contribution in [0.15, 0.2) is 6.07 Å². The Labute approximate surface area is 182 Å². The maximum atomic E-state index is 11.8. The summed E-state index contributed by atoms with van der Waals surface area (Å²) >= 11 is 1.99. The van der Waals surface area contributed by atoms with E-state index in [1.165, 1.54) is 32.1 Å². The number of carboxylic acid groups (broad SMARTS) is 1. The zero-order chi connectivity index (χ0) is 22.4. The van der Waals surface area contributed by atoms with Gasteiger partial charge in [0.15, 0.2) is 0 Å². The number of hydrogen-bond donors (Lipinski definition) is 2. The van der Waals surface area contributed by atoms with Gasteiger partial charge in [0.1, 0.15) is 11.3 Å². The minimum absolute atomic E-state index is 0.0144. The highest BCUT2D eigenvalue weighted by Crippen LogP contribution is 2.42. The maximum absolute atomic E-state index is 11.8. The molecule has 0 aromatic heterocycles. The standard InChI is InChI=1S/C25H42O3S/c1-9-10-11-12-13-17(2)29-15-14-18-20(24(3,4)5)16-19(23(27)28)22(26)21(18)25(6,7)8/h16-17,26H,9-15H2,1-8H3,(H,27,28). The van der Waals surface area contributed by atoms with Crippen LogP contribution in [-0.4, -0.2) is 27.2 Å². The van der Waals surface area contributed by atoms with Gasteiger partial charge in [-0.25, -0.2) is 4.79 Å². The smallest absolute Gasteiger partial charge is 0.339 e. The Bertz CT molecular complexity index is 681. The Morgan fingerprint density at radius 2 is 1.69 bits per heavy atom. The Balaban J connectivity index is 3.17. The van der Waals surface area contributed by atoms with E-state index in [-0.39, 0.29) is 22.1 Å². The summed E-state index contributed by atoms with van der Waals surface area (Å²) in [6.45, 7) is 17.0. The second-order valence-corrected chi connectivity index (χ2v) is 11.8. The Hall–Kier alpha value is -1.16. The second-order valence-electron chi connectivity index (χ2n) is 10.3. The molecule has 0 heterocycles. The fourth-order valence-corrected chi connectivity index (χ4v) is 4.97. The Kier molecular flexibility index (Phi) is 9.59. The van der Waals surface area contributed by atoms with Crippen LogP contribution in [0, 0.1) is 0 Å². The van der Waals surface area contributed by atoms with E-state index in [1.807, 2.05) is 32.5 Å². The fraction of sp³-hybridized carbons (Fsp3) is 0.720. The maximum Gasteiger partial charge on any atom is 0.339 e. The molecule has 1 atom stereocenters. The minimum atomic E-state index is -1.07. The number of rotatable bonds is 10. The van der Waals surface area contributed by atoms with Crippen LogP contribution in [0.2, 0.25) is 0 Å². The van der Waals surface area contributed by atoms with Crippen LogP contribution in [0.4, 0.5) is 0 Å². The number of phenols is 1. The third kappa shape index (κ3) is 7.55. The van der Waals surface area contributed by atoms with E-state index in [4.69, 9.17) is 0 Å². The lowest BCUT2D eigenvalue weighted by atomic mass is 9.74. The summed E-state index contributed by atoms with van der Waals surface area (Å²) in [5.41, 5.74) is 2.44. The van der Waals surface area contributed by atoms with Crippen LogP contribution >= 0.6 is 11.8 Å². The molecule has 0 saturated heterocycles. The summed E-state index contributed by atoms with van der Waals surface area (Å²) in [6, 6.07) is 1.70. The first-order valence-electron chi connectivity index (χ1n) is 11.0. The van der Waals surface area contributed by atoms with Gasteiger partial charge in [-0.3, -0.25) is 0 Å². The third-order valence-electron chi connectivity index (χ3n) is 5.41. The molecule has 0 fully saturated rings. The number of hydrogen-bond acceptors (Lipinski definition) is 3. The molecule has 1 aromatic carbocycles. The molecule has 0 aliphatic carbocycles. The van der Waals surface area contributed by atoms with E-state index in [1.54, 1.807) is 6.07 Å². The van der Waals surface area contributed by atoms with E-state index in [9.17, 15) is 15.0 Å². The highest BCUT2D eigenvalue weighted by molar-refractivity contribution is 7.99. The summed E-state index contributed by atoms with van der Waals surface area (Å²) in [5, 5.41) is 21.1. The topological polar surface area (TPSA) is 57.5 Å². The summed E-state index contributed by atoms with van der Waals surface area (Å²) in [7, 11) is 0. The van der Waals surface area contributed by atoms with Crippen molar-refractivity contribution in [3.8, 4) is 5.75 Å². The predicted octanol–water partition coefficient (Wildman–Crippen LogP) is 7.32. The number of unbranched alkanes of at least 4 members (excludes halogenated alkanes) is 3. The van der Waals surface area contributed by atoms with Gasteiger partial charge in [-0.1, -0.05) is 81.1 Å². The zero-order valence-corrected chi connectivity index (χ0v) is 20.6. The van der Waals surface area contributed by atoms with Gasteiger partial charge in [-0.2, -0.15) is 11.8 Å². The van der Waals surface area contributed by atoms with E-state index >= 15 is 0 Å². The van der Waals surface area contributed by atoms with Crippen molar-refractivity contribution < 1.29 is 15.0 Å². The quantitative estimate of drug-likeness (QED) is 0.388. The summed E-state index contributed by atoms with van der Waals surface area (Å²) in [5.74, 6) is -0.154.